The van der Waals surface area contributed by atoms with E-state index in [1.165, 1.54) is 18.2 Å². The Hall–Kier alpha value is -2.81. The molecule has 0 aliphatic carbocycles. The molecule has 0 atom stereocenters. The highest BCUT2D eigenvalue weighted by atomic mass is 79.9. The SMILES string of the molecule is NS(=O)(=O)c1ccc(Br)c(C(=O)NN=C(c2ccccc2)c2ccccc2)c1. The fraction of sp³-hybridized carbons (Fsp3) is 0. The second kappa shape index (κ2) is 8.47. The van der Waals surface area contributed by atoms with Gasteiger partial charge in [-0.05, 0) is 34.1 Å². The number of hydrogen-bond donors (Lipinski definition) is 2. The van der Waals surface area contributed by atoms with Crippen LogP contribution in [0.1, 0.15) is 21.5 Å². The van der Waals surface area contributed by atoms with Crippen molar-refractivity contribution >= 4 is 37.6 Å². The Bertz CT molecular complexity index is 1090. The van der Waals surface area contributed by atoms with Gasteiger partial charge in [-0.3, -0.25) is 4.79 Å². The summed E-state index contributed by atoms with van der Waals surface area (Å²) in [6, 6.07) is 22.8. The molecule has 0 aliphatic rings. The molecule has 0 saturated heterocycles. The van der Waals surface area contributed by atoms with E-state index in [4.69, 9.17) is 5.14 Å². The number of amides is 1. The van der Waals surface area contributed by atoms with E-state index in [1.807, 2.05) is 60.7 Å². The molecule has 8 heteroatoms. The van der Waals surface area contributed by atoms with Crippen LogP contribution in [0.15, 0.2) is 93.3 Å². The lowest BCUT2D eigenvalue weighted by Gasteiger charge is -2.09. The van der Waals surface area contributed by atoms with Crippen LogP contribution >= 0.6 is 15.9 Å². The van der Waals surface area contributed by atoms with Gasteiger partial charge in [-0.1, -0.05) is 60.7 Å². The minimum absolute atomic E-state index is 0.107. The van der Waals surface area contributed by atoms with Crippen LogP contribution in [0.2, 0.25) is 0 Å². The second-order valence-electron chi connectivity index (χ2n) is 5.82. The molecule has 0 bridgehead atoms. The van der Waals surface area contributed by atoms with Gasteiger partial charge >= 0.3 is 0 Å². The molecule has 1 amide bonds. The molecule has 142 valence electrons. The van der Waals surface area contributed by atoms with Crippen molar-refractivity contribution < 1.29 is 13.2 Å². The average Bonchev–Trinajstić information content (AvgIpc) is 2.69. The maximum Gasteiger partial charge on any atom is 0.272 e. The first-order chi connectivity index (χ1) is 13.4. The first-order valence-electron chi connectivity index (χ1n) is 8.17. The lowest BCUT2D eigenvalue weighted by Crippen LogP contribution is -2.22. The van der Waals surface area contributed by atoms with Gasteiger partial charge in [0.05, 0.1) is 16.2 Å². The van der Waals surface area contributed by atoms with Crippen molar-refractivity contribution in [3.05, 3.63) is 100 Å². The minimum atomic E-state index is -3.93. The van der Waals surface area contributed by atoms with Crippen molar-refractivity contribution in [3.8, 4) is 0 Å². The van der Waals surface area contributed by atoms with Crippen molar-refractivity contribution in [3.63, 3.8) is 0 Å². The summed E-state index contributed by atoms with van der Waals surface area (Å²) in [7, 11) is -3.93. The third kappa shape index (κ3) is 4.72. The molecule has 0 heterocycles. The van der Waals surface area contributed by atoms with Gasteiger partial charge in [0.25, 0.3) is 5.91 Å². The molecule has 0 fully saturated rings. The molecule has 28 heavy (non-hydrogen) atoms. The zero-order chi connectivity index (χ0) is 20.1. The van der Waals surface area contributed by atoms with Crippen LogP contribution in [0.3, 0.4) is 0 Å². The molecule has 3 N–H and O–H groups in total. The third-order valence-electron chi connectivity index (χ3n) is 3.87. The predicted molar refractivity (Wildman–Crippen MR) is 112 cm³/mol. The molecule has 0 aromatic heterocycles. The van der Waals surface area contributed by atoms with Gasteiger partial charge in [-0.15, -0.1) is 0 Å². The van der Waals surface area contributed by atoms with E-state index in [2.05, 4.69) is 26.5 Å². The van der Waals surface area contributed by atoms with Crippen molar-refractivity contribution in [1.82, 2.24) is 5.43 Å². The molecule has 0 aliphatic heterocycles. The van der Waals surface area contributed by atoms with Gasteiger partial charge in [0.15, 0.2) is 0 Å². The Kier molecular flexibility index (Phi) is 6.03. The molecule has 0 saturated carbocycles. The lowest BCUT2D eigenvalue weighted by atomic mass is 10.0. The number of benzene rings is 3. The summed E-state index contributed by atoms with van der Waals surface area (Å²) in [6.07, 6.45) is 0. The van der Waals surface area contributed by atoms with E-state index in [1.54, 1.807) is 0 Å². The van der Waals surface area contributed by atoms with Crippen molar-refractivity contribution in [2.75, 3.05) is 0 Å². The Morgan fingerprint density at radius 1 is 0.893 bits per heavy atom. The minimum Gasteiger partial charge on any atom is -0.267 e. The normalized spacial score (nSPS) is 10.9. The monoisotopic (exact) mass is 457 g/mol. The van der Waals surface area contributed by atoms with E-state index in [-0.39, 0.29) is 10.5 Å². The van der Waals surface area contributed by atoms with Gasteiger partial charge < -0.3 is 0 Å². The number of nitrogens with zero attached hydrogens (tertiary/aromatic N) is 1. The first kappa shape index (κ1) is 19.9. The summed E-state index contributed by atoms with van der Waals surface area (Å²) < 4.78 is 23.5. The van der Waals surface area contributed by atoms with Crippen LogP contribution < -0.4 is 10.6 Å². The molecular weight excluding hydrogens is 442 g/mol. The van der Waals surface area contributed by atoms with Crippen LogP contribution in [0.5, 0.6) is 0 Å². The zero-order valence-corrected chi connectivity index (χ0v) is 16.9. The number of hydrogen-bond acceptors (Lipinski definition) is 4. The van der Waals surface area contributed by atoms with Crippen molar-refractivity contribution in [2.24, 2.45) is 10.2 Å². The molecule has 3 rings (SSSR count). The number of nitrogens with two attached hydrogens (primary N) is 1. The standard InChI is InChI=1S/C20H16BrN3O3S/c21-18-12-11-16(28(22,26)27)13-17(18)20(25)24-23-19(14-7-3-1-4-8-14)15-9-5-2-6-10-15/h1-13H,(H,24,25)(H2,22,26,27). The Labute approximate surface area is 171 Å². The highest BCUT2D eigenvalue weighted by molar-refractivity contribution is 9.10. The van der Waals surface area contributed by atoms with Crippen LogP contribution in [0.25, 0.3) is 0 Å². The Morgan fingerprint density at radius 2 is 1.43 bits per heavy atom. The van der Waals surface area contributed by atoms with Gasteiger partial charge in [0.1, 0.15) is 0 Å². The number of primary sulfonamides is 1. The molecule has 3 aromatic rings. The van der Waals surface area contributed by atoms with E-state index in [0.29, 0.717) is 10.2 Å². The Morgan fingerprint density at radius 3 is 1.93 bits per heavy atom. The smallest absolute Gasteiger partial charge is 0.267 e. The van der Waals surface area contributed by atoms with Gasteiger partial charge in [-0.25, -0.2) is 19.0 Å². The van der Waals surface area contributed by atoms with E-state index < -0.39 is 15.9 Å². The zero-order valence-electron chi connectivity index (χ0n) is 14.5. The van der Waals surface area contributed by atoms with Crippen molar-refractivity contribution in [1.29, 1.82) is 0 Å². The van der Waals surface area contributed by atoms with E-state index in [9.17, 15) is 13.2 Å². The largest absolute Gasteiger partial charge is 0.272 e. The van der Waals surface area contributed by atoms with Crippen LogP contribution in [-0.4, -0.2) is 20.0 Å². The summed E-state index contributed by atoms with van der Waals surface area (Å²) in [5.41, 5.74) is 4.83. The second-order valence-corrected chi connectivity index (χ2v) is 8.24. The first-order valence-corrected chi connectivity index (χ1v) is 10.5. The summed E-state index contributed by atoms with van der Waals surface area (Å²) >= 11 is 3.25. The quantitative estimate of drug-likeness (QED) is 0.453. The van der Waals surface area contributed by atoms with E-state index >= 15 is 0 Å². The molecule has 6 nitrogen and oxygen atoms in total. The molecule has 3 aromatic carbocycles. The molecular formula is C20H16BrN3O3S. The molecule has 0 unspecified atom stereocenters. The average molecular weight is 458 g/mol. The maximum absolute atomic E-state index is 12.6. The Balaban J connectivity index is 1.97. The van der Waals surface area contributed by atoms with Crippen LogP contribution in [0.4, 0.5) is 0 Å². The number of hydrazone groups is 1. The molecule has 0 radical (unpaired) electrons. The fourth-order valence-electron chi connectivity index (χ4n) is 2.51. The highest BCUT2D eigenvalue weighted by Gasteiger charge is 2.16. The number of sulfonamides is 1. The van der Waals surface area contributed by atoms with Gasteiger partial charge in [0.2, 0.25) is 10.0 Å². The summed E-state index contributed by atoms with van der Waals surface area (Å²) in [6.45, 7) is 0. The summed E-state index contributed by atoms with van der Waals surface area (Å²) in [4.78, 5) is 12.5. The van der Waals surface area contributed by atoms with Crippen molar-refractivity contribution in [2.45, 2.75) is 4.90 Å². The van der Waals surface area contributed by atoms with Crippen LogP contribution in [-0.2, 0) is 10.0 Å². The number of carbonyl (C=O) groups is 1. The topological polar surface area (TPSA) is 102 Å². The fourth-order valence-corrected chi connectivity index (χ4v) is 3.48. The predicted octanol–water partition coefficient (Wildman–Crippen LogP) is 3.28. The third-order valence-corrected chi connectivity index (χ3v) is 5.48. The van der Waals surface area contributed by atoms with E-state index in [0.717, 1.165) is 11.1 Å². The maximum atomic E-state index is 12.6. The lowest BCUT2D eigenvalue weighted by molar-refractivity contribution is 0.0954. The van der Waals surface area contributed by atoms with Crippen LogP contribution in [0, 0.1) is 0 Å². The highest BCUT2D eigenvalue weighted by Crippen LogP contribution is 2.20. The summed E-state index contributed by atoms with van der Waals surface area (Å²) in [5.74, 6) is -0.568. The van der Waals surface area contributed by atoms with Gasteiger partial charge in [0, 0.05) is 15.6 Å². The summed E-state index contributed by atoms with van der Waals surface area (Å²) in [5, 5.41) is 9.44. The number of rotatable bonds is 5. The number of halogens is 1. The number of nitrogens with one attached hydrogen (secondary N) is 1. The molecule has 0 spiro atoms. The van der Waals surface area contributed by atoms with Gasteiger partial charge in [-0.2, -0.15) is 5.10 Å². The number of carbonyl (C=O) groups excluding carboxylic acids is 1.